The summed E-state index contributed by atoms with van der Waals surface area (Å²) in [6, 6.07) is -0.619. The molecule has 8 heteroatoms. The molecule has 0 aliphatic heterocycles. The molecule has 1 N–H and O–H groups in total. The van der Waals surface area contributed by atoms with Gasteiger partial charge in [0.25, 0.3) is 0 Å². The Bertz CT molecular complexity index is 1180. The van der Waals surface area contributed by atoms with Crippen LogP contribution in [-0.2, 0) is 28.6 Å². The molecule has 0 amide bonds. The lowest BCUT2D eigenvalue weighted by Gasteiger charge is -2.31. The van der Waals surface area contributed by atoms with E-state index in [2.05, 4.69) is 74.6 Å². The van der Waals surface area contributed by atoms with Gasteiger partial charge in [-0.1, -0.05) is 171 Å². The Labute approximate surface area is 375 Å². The van der Waals surface area contributed by atoms with Crippen molar-refractivity contribution in [3.8, 4) is 0 Å². The van der Waals surface area contributed by atoms with E-state index < -0.39 is 18.1 Å². The Morgan fingerprint density at radius 3 is 1.36 bits per heavy atom. The van der Waals surface area contributed by atoms with Gasteiger partial charge in [0.05, 0.1) is 34.4 Å². The average molecular weight is 857 g/mol. The molecule has 2 atom stereocenters. The van der Waals surface area contributed by atoms with Gasteiger partial charge in [0, 0.05) is 19.3 Å². The number of ether oxygens (including phenoxy) is 3. The topological polar surface area (TPSA) is 99.1 Å². The third-order valence-electron chi connectivity index (χ3n) is 10.9. The molecule has 0 rings (SSSR count). The lowest BCUT2D eigenvalue weighted by Crippen LogP contribution is -2.50. The van der Waals surface area contributed by atoms with E-state index in [1.165, 1.54) is 103 Å². The van der Waals surface area contributed by atoms with Crippen LogP contribution in [0.4, 0.5) is 0 Å². The molecule has 0 saturated heterocycles. The highest BCUT2D eigenvalue weighted by molar-refractivity contribution is 5.72. The fourth-order valence-corrected chi connectivity index (χ4v) is 7.08. The zero-order chi connectivity index (χ0) is 44.9. The van der Waals surface area contributed by atoms with E-state index in [1.807, 2.05) is 21.1 Å². The SMILES string of the molecule is CC/C=C/C/C=C/C/C=C/CCCCCCCCCCCCC(=O)OCC(COCCC(C(=O)O)[N+](C)(C)C)OC(=O)CCCCCCCCC/C=C/C/C=C/CCCCC. The van der Waals surface area contributed by atoms with Gasteiger partial charge in [0.15, 0.2) is 12.1 Å². The van der Waals surface area contributed by atoms with Crippen molar-refractivity contribution < 1.29 is 38.2 Å². The number of carboxylic acids is 1. The summed E-state index contributed by atoms with van der Waals surface area (Å²) in [6.07, 6.45) is 54.0. The van der Waals surface area contributed by atoms with Crippen molar-refractivity contribution in [3.63, 3.8) is 0 Å². The van der Waals surface area contributed by atoms with Crippen LogP contribution in [0.1, 0.15) is 206 Å². The van der Waals surface area contributed by atoms with Crippen LogP contribution in [0.5, 0.6) is 0 Å². The standard InChI is InChI=1S/C53H93NO7/c1-6-8-10-12-14-16-18-20-22-24-25-26-28-29-31-33-35-37-39-41-43-51(55)60-48-49(47-59-46-45-50(53(57)58)54(3,4)5)61-52(56)44-42-40-38-36-34-32-30-27-23-21-19-17-15-13-11-9-7-2/h8,10,14-17,20-23,49-50H,6-7,9,11-13,18-19,24-48H2,1-5H3/p+1/b10-8+,16-14+,17-15+,22-20+,23-21+. The van der Waals surface area contributed by atoms with E-state index in [0.717, 1.165) is 70.6 Å². The van der Waals surface area contributed by atoms with Crippen molar-refractivity contribution in [1.29, 1.82) is 0 Å². The Hall–Kier alpha value is -2.97. The van der Waals surface area contributed by atoms with Gasteiger partial charge in [-0.15, -0.1) is 0 Å². The fraction of sp³-hybridized carbons (Fsp3) is 0.755. The highest BCUT2D eigenvalue weighted by atomic mass is 16.6. The molecular weight excluding hydrogens is 763 g/mol. The first-order valence-electron chi connectivity index (χ1n) is 24.8. The van der Waals surface area contributed by atoms with E-state index in [0.29, 0.717) is 19.3 Å². The molecule has 0 aromatic heterocycles. The number of quaternary nitrogens is 1. The van der Waals surface area contributed by atoms with Crippen LogP contribution in [-0.4, -0.2) is 80.6 Å². The molecule has 2 unspecified atom stereocenters. The molecule has 0 aromatic carbocycles. The van der Waals surface area contributed by atoms with E-state index >= 15 is 0 Å². The zero-order valence-corrected chi connectivity index (χ0v) is 40.1. The van der Waals surface area contributed by atoms with E-state index in [-0.39, 0.29) is 36.2 Å². The number of esters is 2. The van der Waals surface area contributed by atoms with Crippen LogP contribution >= 0.6 is 0 Å². The van der Waals surface area contributed by atoms with Crippen LogP contribution in [0.25, 0.3) is 0 Å². The maximum atomic E-state index is 12.8. The molecule has 8 nitrogen and oxygen atoms in total. The summed E-state index contributed by atoms with van der Waals surface area (Å²) < 4.78 is 17.3. The van der Waals surface area contributed by atoms with Crippen molar-refractivity contribution in [2.45, 2.75) is 219 Å². The Morgan fingerprint density at radius 2 is 0.918 bits per heavy atom. The van der Waals surface area contributed by atoms with Gasteiger partial charge in [-0.3, -0.25) is 9.59 Å². The molecule has 352 valence electrons. The van der Waals surface area contributed by atoms with Crippen LogP contribution in [0.3, 0.4) is 0 Å². The number of rotatable bonds is 44. The van der Waals surface area contributed by atoms with Gasteiger partial charge in [-0.25, -0.2) is 4.79 Å². The van der Waals surface area contributed by atoms with Crippen LogP contribution in [0.2, 0.25) is 0 Å². The third-order valence-corrected chi connectivity index (χ3v) is 10.9. The van der Waals surface area contributed by atoms with Crippen molar-refractivity contribution >= 4 is 17.9 Å². The largest absolute Gasteiger partial charge is 0.477 e. The van der Waals surface area contributed by atoms with Crippen molar-refractivity contribution in [3.05, 3.63) is 60.8 Å². The molecule has 0 aliphatic carbocycles. The van der Waals surface area contributed by atoms with E-state index in [9.17, 15) is 19.5 Å². The normalized spacial score (nSPS) is 13.4. The predicted octanol–water partition coefficient (Wildman–Crippen LogP) is 14.1. The summed E-state index contributed by atoms with van der Waals surface area (Å²) >= 11 is 0. The summed E-state index contributed by atoms with van der Waals surface area (Å²) in [5.41, 5.74) is 0. The minimum atomic E-state index is -0.877. The van der Waals surface area contributed by atoms with Crippen molar-refractivity contribution in [1.82, 2.24) is 0 Å². The van der Waals surface area contributed by atoms with Gasteiger partial charge < -0.3 is 23.8 Å². The highest BCUT2D eigenvalue weighted by Gasteiger charge is 2.31. The maximum Gasteiger partial charge on any atom is 0.362 e. The predicted molar refractivity (Wildman–Crippen MR) is 257 cm³/mol. The number of carboxylic acid groups (broad SMARTS) is 1. The smallest absolute Gasteiger partial charge is 0.362 e. The summed E-state index contributed by atoms with van der Waals surface area (Å²) in [7, 11) is 5.53. The molecule has 0 bridgehead atoms. The molecule has 0 fully saturated rings. The van der Waals surface area contributed by atoms with Gasteiger partial charge in [-0.2, -0.15) is 0 Å². The number of unbranched alkanes of at least 4 members (excludes halogenated alkanes) is 20. The Morgan fingerprint density at radius 1 is 0.508 bits per heavy atom. The van der Waals surface area contributed by atoms with Crippen molar-refractivity contribution in [2.75, 3.05) is 41.0 Å². The maximum absolute atomic E-state index is 12.8. The number of nitrogens with zero attached hydrogens (tertiary/aromatic N) is 1. The zero-order valence-electron chi connectivity index (χ0n) is 40.1. The number of carbonyl (C=O) groups is 3. The summed E-state index contributed by atoms with van der Waals surface area (Å²) in [6.45, 7) is 4.60. The minimum absolute atomic E-state index is 0.0555. The monoisotopic (exact) mass is 857 g/mol. The fourth-order valence-electron chi connectivity index (χ4n) is 7.08. The second kappa shape index (κ2) is 43.7. The summed E-state index contributed by atoms with van der Waals surface area (Å²) in [5.74, 6) is -1.48. The number of carbonyl (C=O) groups excluding carboxylic acids is 2. The summed E-state index contributed by atoms with van der Waals surface area (Å²) in [5, 5.41) is 9.65. The second-order valence-electron chi connectivity index (χ2n) is 17.7. The minimum Gasteiger partial charge on any atom is -0.477 e. The number of aliphatic carboxylic acids is 1. The number of allylic oxidation sites excluding steroid dienone is 10. The first-order valence-corrected chi connectivity index (χ1v) is 24.8. The lowest BCUT2D eigenvalue weighted by atomic mass is 10.1. The number of likely N-dealkylation sites (N-methyl/N-ethyl adjacent to an activating group) is 1. The number of hydrogen-bond acceptors (Lipinski definition) is 6. The Balaban J connectivity index is 4.27. The second-order valence-corrected chi connectivity index (χ2v) is 17.7. The molecule has 61 heavy (non-hydrogen) atoms. The highest BCUT2D eigenvalue weighted by Crippen LogP contribution is 2.15. The Kier molecular flexibility index (Phi) is 41.5. The first kappa shape index (κ1) is 58.0. The quantitative estimate of drug-likeness (QED) is 0.0282. The molecule has 0 aromatic rings. The van der Waals surface area contributed by atoms with E-state index in [1.54, 1.807) is 0 Å². The van der Waals surface area contributed by atoms with Crippen LogP contribution in [0, 0.1) is 0 Å². The molecule has 0 saturated carbocycles. The van der Waals surface area contributed by atoms with E-state index in [4.69, 9.17) is 14.2 Å². The van der Waals surface area contributed by atoms with Crippen LogP contribution < -0.4 is 0 Å². The van der Waals surface area contributed by atoms with Gasteiger partial charge >= 0.3 is 17.9 Å². The van der Waals surface area contributed by atoms with Gasteiger partial charge in [0.2, 0.25) is 0 Å². The molecule has 0 heterocycles. The lowest BCUT2D eigenvalue weighted by molar-refractivity contribution is -0.887. The molecular formula is C53H94NO7+. The first-order chi connectivity index (χ1) is 29.6. The number of hydrogen-bond donors (Lipinski definition) is 1. The molecule has 0 spiro atoms. The molecule has 0 radical (unpaired) electrons. The van der Waals surface area contributed by atoms with Crippen LogP contribution in [0.15, 0.2) is 60.8 Å². The average Bonchev–Trinajstić information content (AvgIpc) is 3.22. The molecule has 0 aliphatic rings. The summed E-state index contributed by atoms with van der Waals surface area (Å²) in [4.78, 5) is 37.1. The van der Waals surface area contributed by atoms with Gasteiger partial charge in [-0.05, 0) is 77.0 Å². The van der Waals surface area contributed by atoms with Gasteiger partial charge in [0.1, 0.15) is 6.61 Å². The van der Waals surface area contributed by atoms with Crippen molar-refractivity contribution in [2.24, 2.45) is 0 Å². The third kappa shape index (κ3) is 42.1.